The minimum Gasteiger partial charge on any atom is -0.405 e. The molecule has 0 fully saturated rings. The van der Waals surface area contributed by atoms with E-state index in [1.807, 2.05) is 0 Å². The zero-order valence-corrected chi connectivity index (χ0v) is 7.51. The minimum atomic E-state index is -4.68. The van der Waals surface area contributed by atoms with E-state index in [1.54, 1.807) is 13.0 Å². The van der Waals surface area contributed by atoms with Gasteiger partial charge in [-0.3, -0.25) is 0 Å². The predicted molar refractivity (Wildman–Crippen MR) is 45.7 cm³/mol. The first-order valence-electron chi connectivity index (χ1n) is 4.00. The van der Waals surface area contributed by atoms with Crippen molar-refractivity contribution in [2.24, 2.45) is 5.73 Å². The summed E-state index contributed by atoms with van der Waals surface area (Å²) in [5.74, 6) is -0.241. The number of para-hydroxylation sites is 1. The molecule has 1 rings (SSSR count). The lowest BCUT2D eigenvalue weighted by atomic mass is 10.1. The molecule has 0 aliphatic carbocycles. The number of nitrogens with two attached hydrogens (primary N) is 1. The van der Waals surface area contributed by atoms with Gasteiger partial charge in [-0.05, 0) is 13.0 Å². The standard InChI is InChI=1S/C9H10F3NO/c1-6(13)7-4-2-3-5-8(7)14-9(10,11)12/h2-6H,13H2,1H3. The first-order chi connectivity index (χ1) is 6.40. The lowest BCUT2D eigenvalue weighted by Crippen LogP contribution is -2.19. The van der Waals surface area contributed by atoms with Gasteiger partial charge in [-0.2, -0.15) is 0 Å². The summed E-state index contributed by atoms with van der Waals surface area (Å²) < 4.78 is 39.6. The molecule has 1 atom stereocenters. The SMILES string of the molecule is CC(N)c1ccccc1OC(F)(F)F. The van der Waals surface area contributed by atoms with Crippen LogP contribution in [0.1, 0.15) is 18.5 Å². The first-order valence-corrected chi connectivity index (χ1v) is 4.00. The van der Waals surface area contributed by atoms with E-state index in [1.165, 1.54) is 18.2 Å². The Labute approximate surface area is 79.5 Å². The smallest absolute Gasteiger partial charge is 0.405 e. The number of rotatable bonds is 2. The summed E-state index contributed by atoms with van der Waals surface area (Å²) in [6.45, 7) is 1.60. The van der Waals surface area contributed by atoms with Crippen molar-refractivity contribution in [1.29, 1.82) is 0 Å². The Hall–Kier alpha value is -1.23. The van der Waals surface area contributed by atoms with Gasteiger partial charge < -0.3 is 10.5 Å². The van der Waals surface area contributed by atoms with Gasteiger partial charge in [0, 0.05) is 11.6 Å². The molecule has 0 aromatic heterocycles. The predicted octanol–water partition coefficient (Wildman–Crippen LogP) is 2.60. The van der Waals surface area contributed by atoms with Crippen molar-refractivity contribution >= 4 is 0 Å². The van der Waals surface area contributed by atoms with Crippen LogP contribution >= 0.6 is 0 Å². The fraction of sp³-hybridized carbons (Fsp3) is 0.333. The van der Waals surface area contributed by atoms with Crippen molar-refractivity contribution in [3.05, 3.63) is 29.8 Å². The quantitative estimate of drug-likeness (QED) is 0.805. The van der Waals surface area contributed by atoms with E-state index < -0.39 is 12.4 Å². The Kier molecular flexibility index (Phi) is 3.00. The molecular formula is C9H10F3NO. The summed E-state index contributed by atoms with van der Waals surface area (Å²) in [5, 5.41) is 0. The topological polar surface area (TPSA) is 35.2 Å². The van der Waals surface area contributed by atoms with Gasteiger partial charge in [-0.1, -0.05) is 18.2 Å². The maximum absolute atomic E-state index is 11.9. The van der Waals surface area contributed by atoms with Crippen LogP contribution in [0.3, 0.4) is 0 Å². The molecule has 0 bridgehead atoms. The normalized spacial score (nSPS) is 13.8. The lowest BCUT2D eigenvalue weighted by molar-refractivity contribution is -0.274. The molecule has 0 radical (unpaired) electrons. The molecule has 1 aromatic rings. The second-order valence-corrected chi connectivity index (χ2v) is 2.87. The van der Waals surface area contributed by atoms with Gasteiger partial charge in [0.2, 0.25) is 0 Å². The monoisotopic (exact) mass is 205 g/mol. The second-order valence-electron chi connectivity index (χ2n) is 2.87. The van der Waals surface area contributed by atoms with E-state index in [0.29, 0.717) is 5.56 Å². The molecular weight excluding hydrogens is 195 g/mol. The molecule has 0 spiro atoms. The van der Waals surface area contributed by atoms with Crippen LogP contribution < -0.4 is 10.5 Å². The van der Waals surface area contributed by atoms with E-state index in [0.717, 1.165) is 0 Å². The molecule has 78 valence electrons. The van der Waals surface area contributed by atoms with Crippen molar-refractivity contribution in [3.63, 3.8) is 0 Å². The molecule has 2 N–H and O–H groups in total. The van der Waals surface area contributed by atoms with Crippen LogP contribution in [0.15, 0.2) is 24.3 Å². The average molecular weight is 205 g/mol. The third-order valence-electron chi connectivity index (χ3n) is 1.64. The van der Waals surface area contributed by atoms with Crippen molar-refractivity contribution in [2.45, 2.75) is 19.3 Å². The number of hydrogen-bond acceptors (Lipinski definition) is 2. The van der Waals surface area contributed by atoms with Gasteiger partial charge in [0.1, 0.15) is 5.75 Å². The highest BCUT2D eigenvalue weighted by atomic mass is 19.4. The van der Waals surface area contributed by atoms with Gasteiger partial charge >= 0.3 is 6.36 Å². The van der Waals surface area contributed by atoms with Crippen molar-refractivity contribution in [1.82, 2.24) is 0 Å². The molecule has 0 aliphatic rings. The Bertz CT molecular complexity index is 309. The molecule has 5 heteroatoms. The van der Waals surface area contributed by atoms with Crippen LogP contribution in [0.2, 0.25) is 0 Å². The number of halogens is 3. The van der Waals surface area contributed by atoms with Gasteiger partial charge in [0.05, 0.1) is 0 Å². The Morgan fingerprint density at radius 3 is 2.36 bits per heavy atom. The highest BCUT2D eigenvalue weighted by molar-refractivity contribution is 5.35. The molecule has 14 heavy (non-hydrogen) atoms. The number of alkyl halides is 3. The van der Waals surface area contributed by atoms with E-state index in [-0.39, 0.29) is 5.75 Å². The number of benzene rings is 1. The molecule has 1 unspecified atom stereocenters. The summed E-state index contributed by atoms with van der Waals surface area (Å²) in [7, 11) is 0. The largest absolute Gasteiger partial charge is 0.573 e. The van der Waals surface area contributed by atoms with Gasteiger partial charge in [-0.25, -0.2) is 0 Å². The van der Waals surface area contributed by atoms with E-state index >= 15 is 0 Å². The molecule has 0 amide bonds. The lowest BCUT2D eigenvalue weighted by Gasteiger charge is -2.14. The minimum absolute atomic E-state index is 0.241. The van der Waals surface area contributed by atoms with Crippen LogP contribution in [-0.4, -0.2) is 6.36 Å². The summed E-state index contributed by atoms with van der Waals surface area (Å²) in [4.78, 5) is 0. The van der Waals surface area contributed by atoms with Crippen molar-refractivity contribution < 1.29 is 17.9 Å². The highest BCUT2D eigenvalue weighted by Gasteiger charge is 2.32. The first kappa shape index (κ1) is 10.8. The summed E-state index contributed by atoms with van der Waals surface area (Å²) in [5.41, 5.74) is 5.82. The third-order valence-corrected chi connectivity index (χ3v) is 1.64. The summed E-state index contributed by atoms with van der Waals surface area (Å²) in [6, 6.07) is 5.33. The third kappa shape index (κ3) is 2.92. The average Bonchev–Trinajstić information content (AvgIpc) is 2.01. The zero-order chi connectivity index (χ0) is 10.8. The molecule has 1 aromatic carbocycles. The van der Waals surface area contributed by atoms with Crippen LogP contribution in [0, 0.1) is 0 Å². The van der Waals surface area contributed by atoms with E-state index in [2.05, 4.69) is 4.74 Å². The summed E-state index contributed by atoms with van der Waals surface area (Å²) in [6.07, 6.45) is -4.68. The van der Waals surface area contributed by atoms with E-state index in [9.17, 15) is 13.2 Å². The molecule has 0 saturated carbocycles. The maximum Gasteiger partial charge on any atom is 0.573 e. The number of hydrogen-bond donors (Lipinski definition) is 1. The van der Waals surface area contributed by atoms with Crippen LogP contribution in [0.5, 0.6) is 5.75 Å². The molecule has 0 heterocycles. The fourth-order valence-electron chi connectivity index (χ4n) is 1.07. The highest BCUT2D eigenvalue weighted by Crippen LogP contribution is 2.28. The van der Waals surface area contributed by atoms with Gasteiger partial charge in [-0.15, -0.1) is 13.2 Å². The zero-order valence-electron chi connectivity index (χ0n) is 7.51. The Balaban J connectivity index is 2.96. The van der Waals surface area contributed by atoms with Gasteiger partial charge in [0.15, 0.2) is 0 Å². The van der Waals surface area contributed by atoms with Crippen LogP contribution in [-0.2, 0) is 0 Å². The number of ether oxygens (including phenoxy) is 1. The molecule has 2 nitrogen and oxygen atoms in total. The fourth-order valence-corrected chi connectivity index (χ4v) is 1.07. The van der Waals surface area contributed by atoms with E-state index in [4.69, 9.17) is 5.73 Å². The van der Waals surface area contributed by atoms with Crippen LogP contribution in [0.25, 0.3) is 0 Å². The molecule has 0 saturated heterocycles. The summed E-state index contributed by atoms with van der Waals surface area (Å²) >= 11 is 0. The Morgan fingerprint density at radius 2 is 1.86 bits per heavy atom. The Morgan fingerprint density at radius 1 is 1.29 bits per heavy atom. The van der Waals surface area contributed by atoms with Crippen molar-refractivity contribution in [3.8, 4) is 5.75 Å². The van der Waals surface area contributed by atoms with Crippen LogP contribution in [0.4, 0.5) is 13.2 Å². The second kappa shape index (κ2) is 3.88. The molecule has 0 aliphatic heterocycles. The maximum atomic E-state index is 11.9. The van der Waals surface area contributed by atoms with Crippen molar-refractivity contribution in [2.75, 3.05) is 0 Å². The van der Waals surface area contributed by atoms with Gasteiger partial charge in [0.25, 0.3) is 0 Å².